The molecular weight excluding hydrogens is 362 g/mol. The zero-order chi connectivity index (χ0) is 20.8. The molecule has 0 atom stereocenters. The average Bonchev–Trinajstić information content (AvgIpc) is 3.11. The predicted molar refractivity (Wildman–Crippen MR) is 119 cm³/mol. The largest absolute Gasteiger partial charge is 0.451 e. The fourth-order valence-corrected chi connectivity index (χ4v) is 3.77. The molecule has 2 aromatic carbocycles. The van der Waals surface area contributed by atoms with Gasteiger partial charge in [0.1, 0.15) is 5.58 Å². The van der Waals surface area contributed by atoms with Crippen molar-refractivity contribution in [1.82, 2.24) is 5.43 Å². The monoisotopic (exact) mass is 387 g/mol. The van der Waals surface area contributed by atoms with E-state index < -0.39 is 0 Å². The Balaban J connectivity index is 1.56. The number of para-hydroxylation sites is 1. The van der Waals surface area contributed by atoms with Crippen LogP contribution in [0.3, 0.4) is 0 Å². The number of benzene rings is 2. The lowest BCUT2D eigenvalue weighted by atomic mass is 9.87. The molecule has 4 rings (SSSR count). The lowest BCUT2D eigenvalue weighted by Gasteiger charge is -2.41. The Morgan fingerprint density at radius 3 is 2.69 bits per heavy atom. The van der Waals surface area contributed by atoms with Crippen LogP contribution in [-0.4, -0.2) is 24.7 Å². The average molecular weight is 387 g/mol. The van der Waals surface area contributed by atoms with E-state index in [2.05, 4.69) is 68.4 Å². The van der Waals surface area contributed by atoms with E-state index in [4.69, 9.17) is 4.42 Å². The van der Waals surface area contributed by atoms with Gasteiger partial charge in [-0.1, -0.05) is 24.3 Å². The molecular formula is C24H25N3O2. The SMILES string of the molecule is CC1=CC(C)(C)N(C)c2cc(C)c(/C=N/NC(=O)c3cc4ccccc4o3)cc21. The molecule has 0 fully saturated rings. The number of aryl methyl sites for hydroxylation is 1. The van der Waals surface area contributed by atoms with E-state index in [1.54, 1.807) is 12.3 Å². The molecule has 0 unspecified atom stereocenters. The number of rotatable bonds is 3. The molecule has 2 heterocycles. The highest BCUT2D eigenvalue weighted by Gasteiger charge is 2.28. The standard InChI is InChI=1S/C24H25N3O2/c1-15-10-20-19(16(2)13-24(3,4)27(20)5)11-18(15)14-25-26-23(28)22-12-17-8-6-7-9-21(17)29-22/h6-14H,1-5H3,(H,26,28)/b25-14+. The van der Waals surface area contributed by atoms with Gasteiger partial charge in [-0.2, -0.15) is 5.10 Å². The summed E-state index contributed by atoms with van der Waals surface area (Å²) in [5.74, 6) is -0.126. The summed E-state index contributed by atoms with van der Waals surface area (Å²) in [7, 11) is 2.11. The molecule has 148 valence electrons. The van der Waals surface area contributed by atoms with Gasteiger partial charge in [0.2, 0.25) is 0 Å². The highest BCUT2D eigenvalue weighted by Crippen LogP contribution is 2.38. The molecule has 3 aromatic rings. The van der Waals surface area contributed by atoms with Crippen molar-refractivity contribution in [1.29, 1.82) is 0 Å². The van der Waals surface area contributed by atoms with Crippen molar-refractivity contribution in [2.45, 2.75) is 33.2 Å². The van der Waals surface area contributed by atoms with Gasteiger partial charge >= 0.3 is 5.91 Å². The molecule has 0 aliphatic carbocycles. The quantitative estimate of drug-likeness (QED) is 0.500. The highest BCUT2D eigenvalue weighted by molar-refractivity contribution is 5.97. The number of hydrogen-bond donors (Lipinski definition) is 1. The molecule has 5 heteroatoms. The number of carbonyl (C=O) groups is 1. The Hall–Kier alpha value is -3.34. The second-order valence-corrected chi connectivity index (χ2v) is 8.11. The first-order valence-electron chi connectivity index (χ1n) is 9.66. The van der Waals surface area contributed by atoms with Crippen molar-refractivity contribution in [3.05, 3.63) is 71.0 Å². The summed E-state index contributed by atoms with van der Waals surface area (Å²) >= 11 is 0. The third kappa shape index (κ3) is 3.44. The van der Waals surface area contributed by atoms with Gasteiger partial charge in [-0.05, 0) is 68.7 Å². The minimum absolute atomic E-state index is 0.0281. The number of hydrazone groups is 1. The minimum atomic E-state index is -0.370. The lowest BCUT2D eigenvalue weighted by Crippen LogP contribution is -2.42. The second-order valence-electron chi connectivity index (χ2n) is 8.11. The van der Waals surface area contributed by atoms with Gasteiger partial charge in [-0.25, -0.2) is 5.43 Å². The molecule has 1 amide bonds. The Labute approximate surface area is 170 Å². The number of hydrogen-bond acceptors (Lipinski definition) is 4. The maximum atomic E-state index is 12.4. The number of anilines is 1. The van der Waals surface area contributed by atoms with E-state index in [-0.39, 0.29) is 17.2 Å². The van der Waals surface area contributed by atoms with Crippen LogP contribution in [-0.2, 0) is 0 Å². The zero-order valence-corrected chi connectivity index (χ0v) is 17.4. The number of nitrogens with zero attached hydrogens (tertiary/aromatic N) is 2. The summed E-state index contributed by atoms with van der Waals surface area (Å²) in [5, 5.41) is 5.04. The number of carbonyl (C=O) groups excluding carboxylic acids is 1. The molecule has 1 aromatic heterocycles. The summed E-state index contributed by atoms with van der Waals surface area (Å²) in [4.78, 5) is 14.6. The molecule has 5 nitrogen and oxygen atoms in total. The second kappa shape index (κ2) is 6.92. The molecule has 0 saturated heterocycles. The Bertz CT molecular complexity index is 1140. The first-order chi connectivity index (χ1) is 13.8. The van der Waals surface area contributed by atoms with E-state index in [0.717, 1.165) is 16.5 Å². The lowest BCUT2D eigenvalue weighted by molar-refractivity contribution is 0.0929. The molecule has 1 aliphatic heterocycles. The van der Waals surface area contributed by atoms with Crippen molar-refractivity contribution < 1.29 is 9.21 Å². The molecule has 0 radical (unpaired) electrons. The van der Waals surface area contributed by atoms with Crippen LogP contribution in [0.2, 0.25) is 0 Å². The summed E-state index contributed by atoms with van der Waals surface area (Å²) in [5.41, 5.74) is 8.91. The van der Waals surface area contributed by atoms with Gasteiger partial charge in [-0.3, -0.25) is 4.79 Å². The molecule has 0 saturated carbocycles. The van der Waals surface area contributed by atoms with Crippen molar-refractivity contribution in [2.75, 3.05) is 11.9 Å². The smallest absolute Gasteiger partial charge is 0.307 e. The normalized spacial score (nSPS) is 15.5. The van der Waals surface area contributed by atoms with Crippen LogP contribution in [0.15, 0.2) is 58.1 Å². The number of nitrogens with one attached hydrogen (secondary N) is 1. The Morgan fingerprint density at radius 1 is 1.17 bits per heavy atom. The van der Waals surface area contributed by atoms with Crippen LogP contribution in [0.25, 0.3) is 16.5 Å². The summed E-state index contributed by atoms with van der Waals surface area (Å²) in [6.07, 6.45) is 3.96. The number of allylic oxidation sites excluding steroid dienone is 1. The summed E-state index contributed by atoms with van der Waals surface area (Å²) in [6, 6.07) is 13.5. The van der Waals surface area contributed by atoms with Crippen LogP contribution >= 0.6 is 0 Å². The van der Waals surface area contributed by atoms with E-state index in [1.807, 2.05) is 24.3 Å². The topological polar surface area (TPSA) is 57.8 Å². The fraction of sp³-hybridized carbons (Fsp3) is 0.250. The third-order valence-electron chi connectivity index (χ3n) is 5.62. The Kier molecular flexibility index (Phi) is 4.53. The van der Waals surface area contributed by atoms with Gasteiger partial charge in [0.05, 0.1) is 11.8 Å². The molecule has 29 heavy (non-hydrogen) atoms. The molecule has 1 aliphatic rings. The van der Waals surface area contributed by atoms with Crippen molar-refractivity contribution in [3.8, 4) is 0 Å². The van der Waals surface area contributed by atoms with Gasteiger partial charge in [0.25, 0.3) is 0 Å². The maximum absolute atomic E-state index is 12.4. The fourth-order valence-electron chi connectivity index (χ4n) is 3.77. The maximum Gasteiger partial charge on any atom is 0.307 e. The van der Waals surface area contributed by atoms with Gasteiger partial charge in [0.15, 0.2) is 5.76 Å². The number of amides is 1. The number of likely N-dealkylation sites (N-methyl/N-ethyl adjacent to an activating group) is 1. The number of fused-ring (bicyclic) bond motifs is 2. The van der Waals surface area contributed by atoms with Crippen LogP contribution in [0.5, 0.6) is 0 Å². The predicted octanol–water partition coefficient (Wildman–Crippen LogP) is 5.14. The van der Waals surface area contributed by atoms with Crippen molar-refractivity contribution in [2.24, 2.45) is 5.10 Å². The first-order valence-corrected chi connectivity index (χ1v) is 9.66. The molecule has 0 bridgehead atoms. The van der Waals surface area contributed by atoms with Gasteiger partial charge in [-0.15, -0.1) is 0 Å². The van der Waals surface area contributed by atoms with Crippen molar-refractivity contribution in [3.63, 3.8) is 0 Å². The number of furan rings is 1. The van der Waals surface area contributed by atoms with Crippen LogP contribution < -0.4 is 10.3 Å². The van der Waals surface area contributed by atoms with E-state index >= 15 is 0 Å². The van der Waals surface area contributed by atoms with Gasteiger partial charge in [0, 0.05) is 23.7 Å². The van der Waals surface area contributed by atoms with Crippen LogP contribution in [0.4, 0.5) is 5.69 Å². The Morgan fingerprint density at radius 2 is 1.93 bits per heavy atom. The van der Waals surface area contributed by atoms with Crippen LogP contribution in [0.1, 0.15) is 48.0 Å². The van der Waals surface area contributed by atoms with Gasteiger partial charge < -0.3 is 9.32 Å². The third-order valence-corrected chi connectivity index (χ3v) is 5.62. The van der Waals surface area contributed by atoms with E-state index in [1.165, 1.54) is 16.8 Å². The van der Waals surface area contributed by atoms with E-state index in [9.17, 15) is 4.79 Å². The van der Waals surface area contributed by atoms with E-state index in [0.29, 0.717) is 5.58 Å². The summed E-state index contributed by atoms with van der Waals surface area (Å²) < 4.78 is 5.58. The zero-order valence-electron chi connectivity index (χ0n) is 17.4. The van der Waals surface area contributed by atoms with Crippen LogP contribution in [0, 0.1) is 6.92 Å². The highest BCUT2D eigenvalue weighted by atomic mass is 16.3. The van der Waals surface area contributed by atoms with Crippen molar-refractivity contribution >= 4 is 34.4 Å². The molecule has 1 N–H and O–H groups in total. The minimum Gasteiger partial charge on any atom is -0.451 e. The first kappa shape index (κ1) is 19.0. The molecule has 0 spiro atoms. The summed E-state index contributed by atoms with van der Waals surface area (Å²) in [6.45, 7) is 8.60.